The average Bonchev–Trinajstić information content (AvgIpc) is 2.27. The molecule has 0 aliphatic carbocycles. The average molecular weight is 322 g/mol. The van der Waals surface area contributed by atoms with Gasteiger partial charge in [-0.15, -0.1) is 0 Å². The van der Waals surface area contributed by atoms with E-state index in [2.05, 4.69) is 35.0 Å². The molecule has 0 radical (unpaired) electrons. The Kier molecular flexibility index (Phi) is 7.59. The van der Waals surface area contributed by atoms with Gasteiger partial charge in [0.25, 0.3) is 0 Å². The summed E-state index contributed by atoms with van der Waals surface area (Å²) >= 11 is 11.3. The first kappa shape index (κ1) is 14.4. The first-order valence-electron chi connectivity index (χ1n) is 5.60. The number of hydrogen-bond acceptors (Lipinski definition) is 1. The number of alkyl halides is 1. The minimum absolute atomic E-state index is 0.819. The lowest BCUT2D eigenvalue weighted by atomic mass is 10.1. The second-order valence-electron chi connectivity index (χ2n) is 4.05. The fourth-order valence-electron chi connectivity index (χ4n) is 1.39. The molecule has 0 heterocycles. The van der Waals surface area contributed by atoms with Crippen LogP contribution in [0.3, 0.4) is 0 Å². The zero-order valence-corrected chi connectivity index (χ0v) is 12.7. The Morgan fingerprint density at radius 1 is 1.25 bits per heavy atom. The molecule has 0 fully saturated rings. The molecule has 0 bridgehead atoms. The van der Waals surface area contributed by atoms with Gasteiger partial charge in [-0.05, 0) is 42.2 Å². The fraction of sp³-hybridized carbons (Fsp3) is 0.538. The number of thioether (sulfide) groups is 1. The molecular weight excluding hydrogens is 304 g/mol. The van der Waals surface area contributed by atoms with Crippen LogP contribution in [0.4, 0.5) is 0 Å². The Bertz CT molecular complexity index is 286. The zero-order valence-electron chi connectivity index (χ0n) is 9.59. The van der Waals surface area contributed by atoms with Crippen molar-refractivity contribution in [2.75, 3.05) is 11.1 Å². The first-order valence-corrected chi connectivity index (χ1v) is 8.26. The second kappa shape index (κ2) is 8.43. The van der Waals surface area contributed by atoms with Gasteiger partial charge in [0.1, 0.15) is 0 Å². The van der Waals surface area contributed by atoms with Gasteiger partial charge in [-0.1, -0.05) is 46.6 Å². The lowest BCUT2D eigenvalue weighted by Gasteiger charge is -2.08. The molecule has 0 saturated carbocycles. The van der Waals surface area contributed by atoms with E-state index in [1.807, 2.05) is 23.9 Å². The summed E-state index contributed by atoms with van der Waals surface area (Å²) in [7, 11) is 0. The summed E-state index contributed by atoms with van der Waals surface area (Å²) in [5.41, 5.74) is 1.36. The summed E-state index contributed by atoms with van der Waals surface area (Å²) < 4.78 is 0. The Hall–Kier alpha value is 0.340. The van der Waals surface area contributed by atoms with Gasteiger partial charge in [-0.2, -0.15) is 11.8 Å². The van der Waals surface area contributed by atoms with Crippen molar-refractivity contribution in [3.05, 3.63) is 34.9 Å². The van der Waals surface area contributed by atoms with Crippen LogP contribution < -0.4 is 0 Å². The van der Waals surface area contributed by atoms with Gasteiger partial charge < -0.3 is 0 Å². The van der Waals surface area contributed by atoms with Gasteiger partial charge in [-0.3, -0.25) is 0 Å². The largest absolute Gasteiger partial charge is 0.157 e. The smallest absolute Gasteiger partial charge is 0.0406 e. The molecular formula is C13H18BrClS. The molecule has 1 aromatic rings. The summed E-state index contributed by atoms with van der Waals surface area (Å²) in [5, 5.41) is 1.94. The summed E-state index contributed by atoms with van der Waals surface area (Å²) in [6, 6.07) is 8.14. The highest BCUT2D eigenvalue weighted by Crippen LogP contribution is 2.18. The van der Waals surface area contributed by atoms with Crippen molar-refractivity contribution in [1.29, 1.82) is 0 Å². The molecule has 0 nitrogen and oxygen atoms in total. The highest BCUT2D eigenvalue weighted by atomic mass is 79.9. The highest BCUT2D eigenvalue weighted by molar-refractivity contribution is 9.09. The van der Waals surface area contributed by atoms with Crippen LogP contribution in [-0.2, 0) is 5.75 Å². The van der Waals surface area contributed by atoms with Crippen LogP contribution >= 0.6 is 39.3 Å². The Balaban J connectivity index is 2.13. The van der Waals surface area contributed by atoms with E-state index in [-0.39, 0.29) is 0 Å². The van der Waals surface area contributed by atoms with Crippen molar-refractivity contribution >= 4 is 39.3 Å². The number of benzene rings is 1. The van der Waals surface area contributed by atoms with E-state index in [0.717, 1.165) is 22.0 Å². The third-order valence-electron chi connectivity index (χ3n) is 2.54. The Morgan fingerprint density at radius 2 is 1.94 bits per heavy atom. The molecule has 1 aromatic carbocycles. The molecule has 0 aliphatic rings. The van der Waals surface area contributed by atoms with Gasteiger partial charge in [0, 0.05) is 16.1 Å². The van der Waals surface area contributed by atoms with Crippen LogP contribution in [0.25, 0.3) is 0 Å². The molecule has 16 heavy (non-hydrogen) atoms. The molecule has 1 atom stereocenters. The minimum Gasteiger partial charge on any atom is -0.157 e. The van der Waals surface area contributed by atoms with Crippen molar-refractivity contribution in [3.63, 3.8) is 0 Å². The van der Waals surface area contributed by atoms with Gasteiger partial charge in [-0.25, -0.2) is 0 Å². The standard InChI is InChI=1S/C13H18BrClS/c1-11(6-8-14)7-9-16-10-12-2-4-13(15)5-3-12/h2-5,11H,6-10H2,1H3. The van der Waals surface area contributed by atoms with Crippen LogP contribution in [0.15, 0.2) is 24.3 Å². The van der Waals surface area contributed by atoms with Crippen LogP contribution in [0.2, 0.25) is 5.02 Å². The molecule has 1 rings (SSSR count). The summed E-state index contributed by atoms with van der Waals surface area (Å²) in [5.74, 6) is 3.17. The van der Waals surface area contributed by atoms with Gasteiger partial charge in [0.2, 0.25) is 0 Å². The monoisotopic (exact) mass is 320 g/mol. The first-order chi connectivity index (χ1) is 7.72. The maximum atomic E-state index is 5.84. The molecule has 90 valence electrons. The predicted octanol–water partition coefficient (Wildman–Crippen LogP) is 5.38. The van der Waals surface area contributed by atoms with Crippen LogP contribution in [0.5, 0.6) is 0 Å². The molecule has 1 unspecified atom stereocenters. The van der Waals surface area contributed by atoms with Crippen molar-refractivity contribution in [1.82, 2.24) is 0 Å². The van der Waals surface area contributed by atoms with Gasteiger partial charge in [0.05, 0.1) is 0 Å². The third kappa shape index (κ3) is 6.17. The zero-order chi connectivity index (χ0) is 11.8. The molecule has 0 spiro atoms. The summed E-state index contributed by atoms with van der Waals surface area (Å²) in [6.45, 7) is 2.32. The summed E-state index contributed by atoms with van der Waals surface area (Å²) in [6.07, 6.45) is 2.59. The summed E-state index contributed by atoms with van der Waals surface area (Å²) in [4.78, 5) is 0. The predicted molar refractivity (Wildman–Crippen MR) is 79.8 cm³/mol. The van der Waals surface area contributed by atoms with Gasteiger partial charge >= 0.3 is 0 Å². The highest BCUT2D eigenvalue weighted by Gasteiger charge is 2.01. The van der Waals surface area contributed by atoms with Crippen molar-refractivity contribution < 1.29 is 0 Å². The number of rotatable bonds is 7. The van der Waals surface area contributed by atoms with E-state index in [1.165, 1.54) is 24.2 Å². The normalized spacial score (nSPS) is 12.7. The molecule has 0 aromatic heterocycles. The molecule has 0 N–H and O–H groups in total. The lowest BCUT2D eigenvalue weighted by Crippen LogP contribution is -1.97. The third-order valence-corrected chi connectivity index (χ3v) is 4.31. The quantitative estimate of drug-likeness (QED) is 0.479. The van der Waals surface area contributed by atoms with E-state index < -0.39 is 0 Å². The Labute approximate surface area is 116 Å². The SMILES string of the molecule is CC(CCBr)CCSCc1ccc(Cl)cc1. The molecule has 3 heteroatoms. The topological polar surface area (TPSA) is 0 Å². The van der Waals surface area contributed by atoms with E-state index in [0.29, 0.717) is 0 Å². The van der Waals surface area contributed by atoms with Crippen LogP contribution in [-0.4, -0.2) is 11.1 Å². The van der Waals surface area contributed by atoms with Crippen molar-refractivity contribution in [2.45, 2.75) is 25.5 Å². The maximum absolute atomic E-state index is 5.84. The van der Waals surface area contributed by atoms with E-state index in [4.69, 9.17) is 11.6 Å². The maximum Gasteiger partial charge on any atom is 0.0406 e. The molecule has 0 saturated heterocycles. The second-order valence-corrected chi connectivity index (χ2v) is 6.39. The van der Waals surface area contributed by atoms with Crippen LogP contribution in [0, 0.1) is 5.92 Å². The lowest BCUT2D eigenvalue weighted by molar-refractivity contribution is 0.555. The Morgan fingerprint density at radius 3 is 2.56 bits per heavy atom. The fourth-order valence-corrected chi connectivity index (χ4v) is 3.43. The van der Waals surface area contributed by atoms with E-state index in [1.54, 1.807) is 0 Å². The number of halogens is 2. The van der Waals surface area contributed by atoms with E-state index >= 15 is 0 Å². The van der Waals surface area contributed by atoms with Crippen molar-refractivity contribution in [2.24, 2.45) is 5.92 Å². The van der Waals surface area contributed by atoms with E-state index in [9.17, 15) is 0 Å². The van der Waals surface area contributed by atoms with Crippen LogP contribution in [0.1, 0.15) is 25.3 Å². The molecule has 0 amide bonds. The number of hydrogen-bond donors (Lipinski definition) is 0. The molecule has 0 aliphatic heterocycles. The minimum atomic E-state index is 0.819. The van der Waals surface area contributed by atoms with Gasteiger partial charge in [0.15, 0.2) is 0 Å². The van der Waals surface area contributed by atoms with Crippen molar-refractivity contribution in [3.8, 4) is 0 Å².